The lowest BCUT2D eigenvalue weighted by molar-refractivity contribution is -0.135. The van der Waals surface area contributed by atoms with Crippen LogP contribution in [0.3, 0.4) is 0 Å². The second-order valence-electron chi connectivity index (χ2n) is 6.65. The van der Waals surface area contributed by atoms with Crippen LogP contribution in [0.4, 0.5) is 0 Å². The van der Waals surface area contributed by atoms with Gasteiger partial charge in [0.2, 0.25) is 0 Å². The molecule has 6 nitrogen and oxygen atoms in total. The van der Waals surface area contributed by atoms with Crippen LogP contribution in [0.5, 0.6) is 11.5 Å². The molecule has 3 aromatic rings. The number of carbonyl (C=O) groups is 2. The quantitative estimate of drug-likeness (QED) is 0.577. The summed E-state index contributed by atoms with van der Waals surface area (Å²) >= 11 is 0. The van der Waals surface area contributed by atoms with Gasteiger partial charge in [-0.15, -0.1) is 0 Å². The summed E-state index contributed by atoms with van der Waals surface area (Å²) < 4.78 is 10.2. The van der Waals surface area contributed by atoms with Crippen molar-refractivity contribution in [1.82, 2.24) is 4.90 Å². The molecule has 154 valence electrons. The number of methoxy groups -OCH3 is 1. The lowest BCUT2D eigenvalue weighted by atomic mass is 10.1. The van der Waals surface area contributed by atoms with Crippen molar-refractivity contribution in [2.45, 2.75) is 13.1 Å². The largest absolute Gasteiger partial charge is 0.504 e. The fourth-order valence-corrected chi connectivity index (χ4v) is 2.99. The van der Waals surface area contributed by atoms with Crippen molar-refractivity contribution in [1.29, 1.82) is 0 Å². The first-order chi connectivity index (χ1) is 14.6. The van der Waals surface area contributed by atoms with Crippen molar-refractivity contribution in [2.24, 2.45) is 0 Å². The Balaban J connectivity index is 1.70. The van der Waals surface area contributed by atoms with Gasteiger partial charge in [-0.25, -0.2) is 4.79 Å². The van der Waals surface area contributed by atoms with Crippen LogP contribution in [0.25, 0.3) is 0 Å². The van der Waals surface area contributed by atoms with Gasteiger partial charge >= 0.3 is 5.97 Å². The molecule has 0 unspecified atom stereocenters. The van der Waals surface area contributed by atoms with Gasteiger partial charge < -0.3 is 19.5 Å². The first-order valence-corrected chi connectivity index (χ1v) is 9.47. The molecule has 1 amide bonds. The molecule has 3 rings (SSSR count). The molecule has 0 fully saturated rings. The molecule has 0 atom stereocenters. The van der Waals surface area contributed by atoms with Crippen molar-refractivity contribution in [2.75, 3.05) is 13.7 Å². The zero-order valence-corrected chi connectivity index (χ0v) is 16.7. The highest BCUT2D eigenvalue weighted by Crippen LogP contribution is 2.29. The number of amides is 1. The molecule has 3 aromatic carbocycles. The maximum atomic E-state index is 12.9. The van der Waals surface area contributed by atoms with Gasteiger partial charge in [0.25, 0.3) is 5.91 Å². The normalized spacial score (nSPS) is 10.3. The minimum absolute atomic E-state index is 0.0557. The Labute approximate surface area is 175 Å². The lowest BCUT2D eigenvalue weighted by Gasteiger charge is -2.23. The number of nitrogens with zero attached hydrogens (tertiary/aromatic N) is 1. The average Bonchev–Trinajstić information content (AvgIpc) is 2.78. The van der Waals surface area contributed by atoms with Crippen molar-refractivity contribution in [3.05, 3.63) is 95.6 Å². The molecule has 1 N–H and O–H groups in total. The molecule has 0 saturated carbocycles. The lowest BCUT2D eigenvalue weighted by Crippen LogP contribution is -2.34. The van der Waals surface area contributed by atoms with Crippen LogP contribution < -0.4 is 4.74 Å². The Bertz CT molecular complexity index is 947. The topological polar surface area (TPSA) is 76.1 Å². The highest BCUT2D eigenvalue weighted by molar-refractivity contribution is 5.94. The number of esters is 1. The van der Waals surface area contributed by atoms with E-state index < -0.39 is 12.6 Å². The fraction of sp³-hybridized carbons (Fsp3) is 0.167. The average molecular weight is 405 g/mol. The predicted octanol–water partition coefficient (Wildman–Crippen LogP) is 3.79. The summed E-state index contributed by atoms with van der Waals surface area (Å²) in [4.78, 5) is 26.9. The molecular weight excluding hydrogens is 382 g/mol. The SMILES string of the molecule is COc1cccc(C(=O)OCC(=O)N(Cc2ccccc2)Cc2ccccc2)c1O. The Morgan fingerprint density at radius 2 is 1.40 bits per heavy atom. The van der Waals surface area contributed by atoms with Crippen LogP contribution in [0, 0.1) is 0 Å². The number of carbonyl (C=O) groups excluding carboxylic acids is 2. The smallest absolute Gasteiger partial charge is 0.342 e. The number of aromatic hydroxyl groups is 1. The van der Waals surface area contributed by atoms with E-state index >= 15 is 0 Å². The summed E-state index contributed by atoms with van der Waals surface area (Å²) in [6, 6.07) is 23.7. The standard InChI is InChI=1S/C24H23NO5/c1-29-21-14-8-13-20(23(21)27)24(28)30-17-22(26)25(15-18-9-4-2-5-10-18)16-19-11-6-3-7-12-19/h2-14,27H,15-17H2,1H3. The highest BCUT2D eigenvalue weighted by atomic mass is 16.5. The molecule has 0 heterocycles. The minimum atomic E-state index is -0.792. The molecule has 0 bridgehead atoms. The van der Waals surface area contributed by atoms with Gasteiger partial charge in [0.05, 0.1) is 7.11 Å². The monoisotopic (exact) mass is 405 g/mol. The van der Waals surface area contributed by atoms with Crippen molar-refractivity contribution >= 4 is 11.9 Å². The van der Waals surface area contributed by atoms with Gasteiger partial charge in [-0.3, -0.25) is 4.79 Å². The number of para-hydroxylation sites is 1. The van der Waals surface area contributed by atoms with Gasteiger partial charge in [0.15, 0.2) is 18.1 Å². The molecule has 0 aliphatic carbocycles. The molecule has 0 aliphatic rings. The Kier molecular flexibility index (Phi) is 7.05. The van der Waals surface area contributed by atoms with Crippen LogP contribution in [0.2, 0.25) is 0 Å². The van der Waals surface area contributed by atoms with Crippen LogP contribution in [-0.2, 0) is 22.6 Å². The van der Waals surface area contributed by atoms with E-state index in [0.717, 1.165) is 11.1 Å². The van der Waals surface area contributed by atoms with E-state index in [1.165, 1.54) is 19.2 Å². The molecule has 30 heavy (non-hydrogen) atoms. The number of benzene rings is 3. The third-order valence-corrected chi connectivity index (χ3v) is 4.55. The van der Waals surface area contributed by atoms with E-state index in [0.29, 0.717) is 13.1 Å². The minimum Gasteiger partial charge on any atom is -0.504 e. The molecule has 0 aliphatic heterocycles. The third kappa shape index (κ3) is 5.38. The zero-order valence-electron chi connectivity index (χ0n) is 16.7. The fourth-order valence-electron chi connectivity index (χ4n) is 2.99. The summed E-state index contributed by atoms with van der Waals surface area (Å²) in [5.74, 6) is -1.29. The van der Waals surface area contributed by atoms with Gasteiger partial charge in [0, 0.05) is 13.1 Å². The number of hydrogen-bond donors (Lipinski definition) is 1. The first kappa shape index (κ1) is 20.9. The second-order valence-corrected chi connectivity index (χ2v) is 6.65. The number of phenols is 1. The Morgan fingerprint density at radius 1 is 0.833 bits per heavy atom. The number of rotatable bonds is 8. The molecule has 0 radical (unpaired) electrons. The number of phenolic OH excluding ortho intramolecular Hbond substituents is 1. The number of hydrogen-bond acceptors (Lipinski definition) is 5. The molecule has 0 spiro atoms. The predicted molar refractivity (Wildman–Crippen MR) is 112 cm³/mol. The summed E-state index contributed by atoms with van der Waals surface area (Å²) in [5.41, 5.74) is 1.89. The molecule has 0 saturated heterocycles. The maximum absolute atomic E-state index is 12.9. The van der Waals surface area contributed by atoms with Crippen LogP contribution in [0.1, 0.15) is 21.5 Å². The van der Waals surface area contributed by atoms with Gasteiger partial charge in [-0.1, -0.05) is 66.7 Å². The Morgan fingerprint density at radius 3 is 1.93 bits per heavy atom. The van der Waals surface area contributed by atoms with E-state index in [4.69, 9.17) is 9.47 Å². The van der Waals surface area contributed by atoms with Gasteiger partial charge in [0.1, 0.15) is 5.56 Å². The van der Waals surface area contributed by atoms with Crippen molar-refractivity contribution in [3.8, 4) is 11.5 Å². The molecule has 0 aromatic heterocycles. The van der Waals surface area contributed by atoms with E-state index in [1.807, 2.05) is 60.7 Å². The summed E-state index contributed by atoms with van der Waals surface area (Å²) in [5, 5.41) is 10.1. The van der Waals surface area contributed by atoms with E-state index in [2.05, 4.69) is 0 Å². The summed E-state index contributed by atoms with van der Waals surface area (Å²) in [6.07, 6.45) is 0. The van der Waals surface area contributed by atoms with Crippen molar-refractivity contribution in [3.63, 3.8) is 0 Å². The summed E-state index contributed by atoms with van der Waals surface area (Å²) in [7, 11) is 1.39. The zero-order chi connectivity index (χ0) is 21.3. The second kappa shape index (κ2) is 10.1. The van der Waals surface area contributed by atoms with Crippen LogP contribution >= 0.6 is 0 Å². The summed E-state index contributed by atoms with van der Waals surface area (Å²) in [6.45, 7) is 0.336. The van der Waals surface area contributed by atoms with Crippen molar-refractivity contribution < 1.29 is 24.2 Å². The molecular formula is C24H23NO5. The first-order valence-electron chi connectivity index (χ1n) is 9.47. The molecule has 6 heteroatoms. The van der Waals surface area contributed by atoms with Crippen LogP contribution in [0.15, 0.2) is 78.9 Å². The van der Waals surface area contributed by atoms with E-state index in [9.17, 15) is 14.7 Å². The van der Waals surface area contributed by atoms with Crippen LogP contribution in [-0.4, -0.2) is 35.6 Å². The highest BCUT2D eigenvalue weighted by Gasteiger charge is 2.20. The van der Waals surface area contributed by atoms with E-state index in [-0.39, 0.29) is 23.0 Å². The van der Waals surface area contributed by atoms with Gasteiger partial charge in [-0.05, 0) is 23.3 Å². The third-order valence-electron chi connectivity index (χ3n) is 4.55. The number of ether oxygens (including phenoxy) is 2. The van der Waals surface area contributed by atoms with E-state index in [1.54, 1.807) is 11.0 Å². The maximum Gasteiger partial charge on any atom is 0.342 e. The van der Waals surface area contributed by atoms with Gasteiger partial charge in [-0.2, -0.15) is 0 Å². The Hall–Kier alpha value is -3.80.